The zero-order chi connectivity index (χ0) is 19.9. The molecule has 0 radical (unpaired) electrons. The van der Waals surface area contributed by atoms with Crippen LogP contribution in [0, 0.1) is 0 Å². The molecular formula is C19H28N2O5S. The van der Waals surface area contributed by atoms with Crippen LogP contribution in [0.3, 0.4) is 0 Å². The van der Waals surface area contributed by atoms with Gasteiger partial charge in [0.25, 0.3) is 0 Å². The zero-order valence-corrected chi connectivity index (χ0v) is 16.8. The number of carbonyl (C=O) groups excluding carboxylic acids is 2. The lowest BCUT2D eigenvalue weighted by Crippen LogP contribution is -2.44. The molecule has 1 amide bonds. The van der Waals surface area contributed by atoms with Crippen molar-refractivity contribution in [1.82, 2.24) is 4.31 Å². The SMILES string of the molecule is CCOC(=O)c1ccccc1NC(=O)CN(C1CCCCCC1)S(C)(=O)=O. The molecule has 1 fully saturated rings. The summed E-state index contributed by atoms with van der Waals surface area (Å²) < 4.78 is 30.8. The third-order valence-corrected chi connectivity index (χ3v) is 5.93. The van der Waals surface area contributed by atoms with Crippen molar-refractivity contribution in [2.75, 3.05) is 24.7 Å². The minimum atomic E-state index is -3.52. The summed E-state index contributed by atoms with van der Waals surface area (Å²) in [5.74, 6) is -1.00. The van der Waals surface area contributed by atoms with Crippen molar-refractivity contribution in [3.63, 3.8) is 0 Å². The molecule has 0 unspecified atom stereocenters. The van der Waals surface area contributed by atoms with Gasteiger partial charge in [-0.1, -0.05) is 37.8 Å². The monoisotopic (exact) mass is 396 g/mol. The van der Waals surface area contributed by atoms with E-state index in [2.05, 4.69) is 5.32 Å². The van der Waals surface area contributed by atoms with Gasteiger partial charge in [0.2, 0.25) is 15.9 Å². The van der Waals surface area contributed by atoms with Crippen LogP contribution in [-0.4, -0.2) is 50.0 Å². The summed E-state index contributed by atoms with van der Waals surface area (Å²) in [7, 11) is -3.52. The maximum atomic E-state index is 12.6. The standard InChI is InChI=1S/C19H28N2O5S/c1-3-26-19(23)16-12-8-9-13-17(16)20-18(22)14-21(27(2,24)25)15-10-6-4-5-7-11-15/h8-9,12-13,15H,3-7,10-11,14H2,1-2H3,(H,20,22). The van der Waals surface area contributed by atoms with Gasteiger partial charge in [-0.3, -0.25) is 4.79 Å². The Balaban J connectivity index is 2.13. The topological polar surface area (TPSA) is 92.8 Å². The third kappa shape index (κ3) is 6.32. The van der Waals surface area contributed by atoms with E-state index in [1.54, 1.807) is 31.2 Å². The van der Waals surface area contributed by atoms with Gasteiger partial charge in [0.1, 0.15) is 0 Å². The predicted molar refractivity (Wildman–Crippen MR) is 104 cm³/mol. The molecule has 1 aliphatic carbocycles. The van der Waals surface area contributed by atoms with Crippen LogP contribution in [0.25, 0.3) is 0 Å². The fourth-order valence-corrected chi connectivity index (χ4v) is 4.48. The Bertz CT molecular complexity index is 755. The second-order valence-corrected chi connectivity index (χ2v) is 8.70. The van der Waals surface area contributed by atoms with Gasteiger partial charge >= 0.3 is 5.97 Å². The Morgan fingerprint density at radius 3 is 2.37 bits per heavy atom. The molecule has 0 saturated heterocycles. The predicted octanol–water partition coefficient (Wildman–Crippen LogP) is 2.79. The number of nitrogens with one attached hydrogen (secondary N) is 1. The second-order valence-electron chi connectivity index (χ2n) is 6.77. The molecule has 1 saturated carbocycles. The van der Waals surface area contributed by atoms with Gasteiger partial charge in [0.15, 0.2) is 0 Å². The molecule has 0 aromatic heterocycles. The molecule has 2 rings (SSSR count). The number of amides is 1. The molecular weight excluding hydrogens is 368 g/mol. The summed E-state index contributed by atoms with van der Waals surface area (Å²) >= 11 is 0. The highest BCUT2D eigenvalue weighted by Crippen LogP contribution is 2.24. The molecule has 1 aliphatic rings. The lowest BCUT2D eigenvalue weighted by atomic mass is 10.1. The van der Waals surface area contributed by atoms with Gasteiger partial charge in [0.05, 0.1) is 30.7 Å². The van der Waals surface area contributed by atoms with Crippen molar-refractivity contribution in [2.24, 2.45) is 0 Å². The Morgan fingerprint density at radius 2 is 1.78 bits per heavy atom. The van der Waals surface area contributed by atoms with Crippen LogP contribution in [-0.2, 0) is 19.6 Å². The maximum Gasteiger partial charge on any atom is 0.340 e. The number of hydrogen-bond donors (Lipinski definition) is 1. The third-order valence-electron chi connectivity index (χ3n) is 4.65. The first-order chi connectivity index (χ1) is 12.8. The van der Waals surface area contributed by atoms with Gasteiger partial charge in [0, 0.05) is 6.04 Å². The van der Waals surface area contributed by atoms with Gasteiger partial charge in [-0.15, -0.1) is 0 Å². The number of hydrogen-bond acceptors (Lipinski definition) is 5. The molecule has 1 N–H and O–H groups in total. The summed E-state index contributed by atoms with van der Waals surface area (Å²) in [5, 5.41) is 2.66. The Labute approximate surface area is 161 Å². The van der Waals surface area contributed by atoms with Crippen LogP contribution >= 0.6 is 0 Å². The largest absolute Gasteiger partial charge is 0.462 e. The maximum absolute atomic E-state index is 12.6. The van der Waals surface area contributed by atoms with Crippen LogP contribution in [0.2, 0.25) is 0 Å². The number of rotatable bonds is 7. The molecule has 0 aliphatic heterocycles. The number of anilines is 1. The Hall–Kier alpha value is -1.93. The van der Waals surface area contributed by atoms with Crippen molar-refractivity contribution >= 4 is 27.6 Å². The summed E-state index contributed by atoms with van der Waals surface area (Å²) in [6.07, 6.45) is 6.77. The molecule has 0 heterocycles. The fourth-order valence-electron chi connectivity index (χ4n) is 3.37. The van der Waals surface area contributed by atoms with Crippen LogP contribution in [0.4, 0.5) is 5.69 Å². The first-order valence-corrected chi connectivity index (χ1v) is 11.2. The average molecular weight is 397 g/mol. The molecule has 7 nitrogen and oxygen atoms in total. The summed E-state index contributed by atoms with van der Waals surface area (Å²) in [6.45, 7) is 1.67. The Kier molecular flexibility index (Phi) is 7.79. The smallest absolute Gasteiger partial charge is 0.340 e. The first kappa shape index (κ1) is 21.4. The summed E-state index contributed by atoms with van der Waals surface area (Å²) in [4.78, 5) is 24.6. The van der Waals surface area contributed by atoms with Crippen LogP contribution < -0.4 is 5.32 Å². The van der Waals surface area contributed by atoms with E-state index in [4.69, 9.17) is 4.74 Å². The van der Waals surface area contributed by atoms with E-state index in [9.17, 15) is 18.0 Å². The number of carbonyl (C=O) groups is 2. The summed E-state index contributed by atoms with van der Waals surface area (Å²) in [5.41, 5.74) is 0.559. The van der Waals surface area contributed by atoms with E-state index in [0.717, 1.165) is 44.8 Å². The molecule has 0 atom stereocenters. The van der Waals surface area contributed by atoms with Crippen LogP contribution in [0.5, 0.6) is 0 Å². The highest BCUT2D eigenvalue weighted by Gasteiger charge is 2.29. The van der Waals surface area contributed by atoms with Crippen LogP contribution in [0.1, 0.15) is 55.8 Å². The van der Waals surface area contributed by atoms with Gasteiger partial charge in [-0.2, -0.15) is 4.31 Å². The quantitative estimate of drug-likeness (QED) is 0.565. The number of ether oxygens (including phenoxy) is 1. The fraction of sp³-hybridized carbons (Fsp3) is 0.579. The molecule has 150 valence electrons. The van der Waals surface area contributed by atoms with Crippen LogP contribution in [0.15, 0.2) is 24.3 Å². The van der Waals surface area contributed by atoms with E-state index < -0.39 is 21.9 Å². The molecule has 0 spiro atoms. The second kappa shape index (κ2) is 9.85. The van der Waals surface area contributed by atoms with Crippen molar-refractivity contribution in [3.8, 4) is 0 Å². The molecule has 1 aromatic carbocycles. The minimum absolute atomic E-state index is 0.159. The molecule has 27 heavy (non-hydrogen) atoms. The number of benzene rings is 1. The van der Waals surface area contributed by atoms with Gasteiger partial charge in [-0.25, -0.2) is 13.2 Å². The van der Waals surface area contributed by atoms with Crippen molar-refractivity contribution in [3.05, 3.63) is 29.8 Å². The first-order valence-electron chi connectivity index (χ1n) is 9.35. The highest BCUT2D eigenvalue weighted by molar-refractivity contribution is 7.88. The van der Waals surface area contributed by atoms with E-state index in [-0.39, 0.29) is 24.8 Å². The minimum Gasteiger partial charge on any atom is -0.462 e. The number of sulfonamides is 1. The van der Waals surface area contributed by atoms with Crippen molar-refractivity contribution < 1.29 is 22.7 Å². The van der Waals surface area contributed by atoms with Crippen molar-refractivity contribution in [1.29, 1.82) is 0 Å². The van der Waals surface area contributed by atoms with E-state index >= 15 is 0 Å². The zero-order valence-electron chi connectivity index (χ0n) is 15.9. The lowest BCUT2D eigenvalue weighted by molar-refractivity contribution is -0.116. The number of nitrogens with zero attached hydrogens (tertiary/aromatic N) is 1. The van der Waals surface area contributed by atoms with E-state index in [1.165, 1.54) is 4.31 Å². The average Bonchev–Trinajstić information content (AvgIpc) is 2.88. The van der Waals surface area contributed by atoms with Gasteiger partial charge < -0.3 is 10.1 Å². The van der Waals surface area contributed by atoms with Gasteiger partial charge in [-0.05, 0) is 31.9 Å². The Morgan fingerprint density at radius 1 is 1.15 bits per heavy atom. The van der Waals surface area contributed by atoms with Crippen molar-refractivity contribution in [2.45, 2.75) is 51.5 Å². The summed E-state index contributed by atoms with van der Waals surface area (Å²) in [6, 6.07) is 6.37. The number of para-hydroxylation sites is 1. The lowest BCUT2D eigenvalue weighted by Gasteiger charge is -2.28. The highest BCUT2D eigenvalue weighted by atomic mass is 32.2. The van der Waals surface area contributed by atoms with E-state index in [1.807, 2.05) is 0 Å². The molecule has 1 aromatic rings. The number of esters is 1. The normalized spacial score (nSPS) is 16.0. The molecule has 8 heteroatoms. The van der Waals surface area contributed by atoms with E-state index in [0.29, 0.717) is 5.69 Å². The molecule has 0 bridgehead atoms.